The molecule has 0 aliphatic carbocycles. The molecule has 0 fully saturated rings. The average molecular weight is 233 g/mol. The molecule has 0 unspecified atom stereocenters. The van der Waals surface area contributed by atoms with Gasteiger partial charge in [-0.1, -0.05) is 23.2 Å². The Morgan fingerprint density at radius 2 is 2.00 bits per heavy atom. The first kappa shape index (κ1) is 11.3. The topological polar surface area (TPSA) is 26.3 Å². The fraction of sp³-hybridized carbons (Fsp3) is 0.300. The van der Waals surface area contributed by atoms with Crippen molar-refractivity contribution in [2.45, 2.75) is 20.0 Å². The Morgan fingerprint density at radius 1 is 1.36 bits per heavy atom. The molecule has 0 amide bonds. The number of hydrogen-bond donors (Lipinski definition) is 0. The summed E-state index contributed by atoms with van der Waals surface area (Å²) in [7, 11) is 0. The van der Waals surface area contributed by atoms with Crippen LogP contribution in [0.1, 0.15) is 24.2 Å². The molecule has 0 spiro atoms. The maximum atomic E-state index is 10.7. The minimum atomic E-state index is -0.0348. The number of halogens is 2. The van der Waals surface area contributed by atoms with E-state index in [0.29, 0.717) is 27.6 Å². The van der Waals surface area contributed by atoms with E-state index in [0.717, 1.165) is 0 Å². The lowest BCUT2D eigenvalue weighted by molar-refractivity contribution is 0.111. The van der Waals surface area contributed by atoms with Crippen molar-refractivity contribution in [2.24, 2.45) is 0 Å². The first-order chi connectivity index (χ1) is 6.54. The van der Waals surface area contributed by atoms with Crippen LogP contribution < -0.4 is 4.74 Å². The maximum absolute atomic E-state index is 10.7. The largest absolute Gasteiger partial charge is 0.489 e. The van der Waals surface area contributed by atoms with E-state index in [1.54, 1.807) is 6.07 Å². The van der Waals surface area contributed by atoms with Crippen LogP contribution in [0.25, 0.3) is 0 Å². The van der Waals surface area contributed by atoms with Gasteiger partial charge in [-0.3, -0.25) is 4.79 Å². The van der Waals surface area contributed by atoms with E-state index in [9.17, 15) is 4.79 Å². The van der Waals surface area contributed by atoms with Gasteiger partial charge >= 0.3 is 0 Å². The second-order valence-electron chi connectivity index (χ2n) is 3.09. The monoisotopic (exact) mass is 232 g/mol. The molecule has 0 radical (unpaired) electrons. The predicted octanol–water partition coefficient (Wildman–Crippen LogP) is 3.59. The molecule has 2 nitrogen and oxygen atoms in total. The van der Waals surface area contributed by atoms with Gasteiger partial charge in [-0.25, -0.2) is 0 Å². The molecular formula is C10H10Cl2O2. The lowest BCUT2D eigenvalue weighted by Gasteiger charge is -2.13. The number of carbonyl (C=O) groups is 1. The third kappa shape index (κ3) is 2.63. The lowest BCUT2D eigenvalue weighted by atomic mass is 10.2. The van der Waals surface area contributed by atoms with Gasteiger partial charge in [-0.15, -0.1) is 0 Å². The van der Waals surface area contributed by atoms with Gasteiger partial charge in [0.15, 0.2) is 6.29 Å². The van der Waals surface area contributed by atoms with Crippen molar-refractivity contribution in [3.63, 3.8) is 0 Å². The van der Waals surface area contributed by atoms with E-state index >= 15 is 0 Å². The van der Waals surface area contributed by atoms with Crippen LogP contribution in [0.5, 0.6) is 5.75 Å². The minimum Gasteiger partial charge on any atom is -0.489 e. The Kier molecular flexibility index (Phi) is 3.78. The molecule has 0 bridgehead atoms. The van der Waals surface area contributed by atoms with Crippen LogP contribution in [0.3, 0.4) is 0 Å². The van der Waals surface area contributed by atoms with Gasteiger partial charge in [0.25, 0.3) is 0 Å². The summed E-state index contributed by atoms with van der Waals surface area (Å²) in [5.74, 6) is 0.390. The standard InChI is InChI=1S/C10H10Cl2O2/c1-6(2)14-10-7(5-13)3-8(11)4-9(10)12/h3-6H,1-2H3. The maximum Gasteiger partial charge on any atom is 0.153 e. The van der Waals surface area contributed by atoms with Gasteiger partial charge in [0.05, 0.1) is 16.7 Å². The zero-order valence-corrected chi connectivity index (χ0v) is 9.39. The second kappa shape index (κ2) is 4.67. The Hall–Kier alpha value is -0.730. The SMILES string of the molecule is CC(C)Oc1c(Cl)cc(Cl)cc1C=O. The molecule has 0 aromatic heterocycles. The second-order valence-corrected chi connectivity index (χ2v) is 3.93. The Balaban J connectivity index is 3.18. The van der Waals surface area contributed by atoms with Crippen molar-refractivity contribution in [3.8, 4) is 5.75 Å². The predicted molar refractivity (Wildman–Crippen MR) is 57.6 cm³/mol. The molecular weight excluding hydrogens is 223 g/mol. The van der Waals surface area contributed by atoms with Gasteiger partial charge in [0.2, 0.25) is 0 Å². The van der Waals surface area contributed by atoms with E-state index in [1.807, 2.05) is 13.8 Å². The molecule has 14 heavy (non-hydrogen) atoms. The number of rotatable bonds is 3. The van der Waals surface area contributed by atoms with Crippen LogP contribution in [-0.2, 0) is 0 Å². The number of ether oxygens (including phenoxy) is 1. The molecule has 76 valence electrons. The number of hydrogen-bond acceptors (Lipinski definition) is 2. The molecule has 0 N–H and O–H groups in total. The molecule has 0 aliphatic heterocycles. The van der Waals surface area contributed by atoms with E-state index in [1.165, 1.54) is 6.07 Å². The van der Waals surface area contributed by atoms with E-state index < -0.39 is 0 Å². The molecule has 0 aliphatic rings. The summed E-state index contributed by atoms with van der Waals surface area (Å²) in [5.41, 5.74) is 0.371. The van der Waals surface area contributed by atoms with Crippen LogP contribution in [-0.4, -0.2) is 12.4 Å². The Labute approximate surface area is 92.8 Å². The molecule has 0 atom stereocenters. The van der Waals surface area contributed by atoms with Crippen LogP contribution in [0, 0.1) is 0 Å². The number of aldehydes is 1. The van der Waals surface area contributed by atoms with E-state index in [-0.39, 0.29) is 6.10 Å². The van der Waals surface area contributed by atoms with E-state index in [2.05, 4.69) is 0 Å². The van der Waals surface area contributed by atoms with Crippen molar-refractivity contribution >= 4 is 29.5 Å². The van der Waals surface area contributed by atoms with E-state index in [4.69, 9.17) is 27.9 Å². The first-order valence-corrected chi connectivity index (χ1v) is 4.91. The molecule has 1 aromatic carbocycles. The van der Waals surface area contributed by atoms with Crippen molar-refractivity contribution in [2.75, 3.05) is 0 Å². The van der Waals surface area contributed by atoms with Gasteiger partial charge in [0.1, 0.15) is 5.75 Å². The summed E-state index contributed by atoms with van der Waals surface area (Å²) in [4.78, 5) is 10.7. The summed E-state index contributed by atoms with van der Waals surface area (Å²) in [5, 5.41) is 0.779. The smallest absolute Gasteiger partial charge is 0.153 e. The molecule has 0 heterocycles. The first-order valence-electron chi connectivity index (χ1n) is 4.15. The normalized spacial score (nSPS) is 10.4. The molecule has 0 saturated carbocycles. The third-order valence-electron chi connectivity index (χ3n) is 1.52. The highest BCUT2D eigenvalue weighted by Crippen LogP contribution is 2.32. The highest BCUT2D eigenvalue weighted by atomic mass is 35.5. The summed E-state index contributed by atoms with van der Waals surface area (Å²) >= 11 is 11.6. The van der Waals surface area contributed by atoms with Crippen molar-refractivity contribution in [1.29, 1.82) is 0 Å². The summed E-state index contributed by atoms with van der Waals surface area (Å²) in [6.45, 7) is 3.72. The lowest BCUT2D eigenvalue weighted by Crippen LogP contribution is -2.07. The van der Waals surface area contributed by atoms with Crippen molar-refractivity contribution < 1.29 is 9.53 Å². The number of benzene rings is 1. The van der Waals surface area contributed by atoms with Gasteiger partial charge in [0, 0.05) is 5.02 Å². The van der Waals surface area contributed by atoms with Crippen molar-refractivity contribution in [3.05, 3.63) is 27.7 Å². The van der Waals surface area contributed by atoms with Gasteiger partial charge < -0.3 is 4.74 Å². The van der Waals surface area contributed by atoms with Crippen molar-refractivity contribution in [1.82, 2.24) is 0 Å². The van der Waals surface area contributed by atoms with Crippen LogP contribution in [0.15, 0.2) is 12.1 Å². The Bertz CT molecular complexity index is 348. The fourth-order valence-corrected chi connectivity index (χ4v) is 1.58. The van der Waals surface area contributed by atoms with Crippen LogP contribution in [0.2, 0.25) is 10.0 Å². The summed E-state index contributed by atoms with van der Waals surface area (Å²) in [6, 6.07) is 3.08. The average Bonchev–Trinajstić information content (AvgIpc) is 2.08. The minimum absolute atomic E-state index is 0.0348. The molecule has 4 heteroatoms. The third-order valence-corrected chi connectivity index (χ3v) is 2.02. The summed E-state index contributed by atoms with van der Waals surface area (Å²) in [6.07, 6.45) is 0.641. The molecule has 1 aromatic rings. The molecule has 0 saturated heterocycles. The highest BCUT2D eigenvalue weighted by molar-refractivity contribution is 6.36. The number of carbonyl (C=O) groups excluding carboxylic acids is 1. The van der Waals surface area contributed by atoms with Crippen LogP contribution in [0.4, 0.5) is 0 Å². The van der Waals surface area contributed by atoms with Crippen LogP contribution >= 0.6 is 23.2 Å². The van der Waals surface area contributed by atoms with Gasteiger partial charge in [-0.2, -0.15) is 0 Å². The zero-order valence-electron chi connectivity index (χ0n) is 7.88. The van der Waals surface area contributed by atoms with Gasteiger partial charge in [-0.05, 0) is 26.0 Å². The summed E-state index contributed by atoms with van der Waals surface area (Å²) < 4.78 is 5.40. The molecule has 1 rings (SSSR count). The highest BCUT2D eigenvalue weighted by Gasteiger charge is 2.11. The Morgan fingerprint density at radius 3 is 2.50 bits per heavy atom. The zero-order chi connectivity index (χ0) is 10.7. The fourth-order valence-electron chi connectivity index (χ4n) is 1.03. The quantitative estimate of drug-likeness (QED) is 0.745.